The van der Waals surface area contributed by atoms with Crippen molar-refractivity contribution in [1.29, 1.82) is 0 Å². The Labute approximate surface area is 218 Å². The van der Waals surface area contributed by atoms with Crippen LogP contribution in [0.1, 0.15) is 53.7 Å². The molecule has 0 radical (unpaired) electrons. The number of Topliss-reactive ketones (excluding diaryl/α,β-unsaturated/α-hetero) is 1. The van der Waals surface area contributed by atoms with E-state index in [2.05, 4.69) is 16.9 Å². The second-order valence-corrected chi connectivity index (χ2v) is 9.88. The van der Waals surface area contributed by atoms with Crippen LogP contribution in [0, 0.1) is 23.4 Å². The first-order chi connectivity index (χ1) is 18.2. The maximum Gasteiger partial charge on any atom is 0.185 e. The van der Waals surface area contributed by atoms with Crippen LogP contribution in [-0.4, -0.2) is 51.3 Å². The molecule has 1 aliphatic carbocycles. The van der Waals surface area contributed by atoms with Gasteiger partial charge >= 0.3 is 0 Å². The van der Waals surface area contributed by atoms with Gasteiger partial charge in [0.1, 0.15) is 47.3 Å². The molecule has 1 fully saturated rings. The zero-order valence-electron chi connectivity index (χ0n) is 20.9. The van der Waals surface area contributed by atoms with Crippen molar-refractivity contribution in [2.24, 2.45) is 11.7 Å². The van der Waals surface area contributed by atoms with Crippen LogP contribution in [0.5, 0.6) is 5.75 Å². The zero-order chi connectivity index (χ0) is 27.4. The minimum Gasteiger partial charge on any atom is -0.491 e. The number of nitrogens with zero attached hydrogens (tertiary/aromatic N) is 2. The number of aliphatic hydroxyl groups is 2. The van der Waals surface area contributed by atoms with Crippen LogP contribution in [0.3, 0.4) is 0 Å². The van der Waals surface area contributed by atoms with Gasteiger partial charge in [-0.05, 0) is 60.4 Å². The van der Waals surface area contributed by atoms with E-state index in [4.69, 9.17) is 15.6 Å². The topological polar surface area (TPSA) is 119 Å². The van der Waals surface area contributed by atoms with Crippen LogP contribution >= 0.6 is 0 Å². The molecule has 1 aliphatic rings. The normalized spacial score (nSPS) is 20.2. The Kier molecular flexibility index (Phi) is 8.76. The van der Waals surface area contributed by atoms with E-state index >= 15 is 0 Å². The van der Waals surface area contributed by atoms with Crippen LogP contribution in [-0.2, 0) is 6.42 Å². The van der Waals surface area contributed by atoms with Crippen molar-refractivity contribution in [2.45, 2.75) is 50.7 Å². The molecule has 2 aromatic heterocycles. The number of rotatable bonds is 9. The third kappa shape index (κ3) is 6.38. The Bertz CT molecular complexity index is 1270. The number of hydrogen-bond donors (Lipinski definition) is 3. The van der Waals surface area contributed by atoms with Gasteiger partial charge in [-0.2, -0.15) is 0 Å². The predicted molar refractivity (Wildman–Crippen MR) is 134 cm³/mol. The minimum absolute atomic E-state index is 0.0632. The number of nitrogens with two attached hydrogens (primary N) is 1. The van der Waals surface area contributed by atoms with E-state index in [1.54, 1.807) is 12.4 Å². The van der Waals surface area contributed by atoms with Gasteiger partial charge in [0.05, 0.1) is 12.2 Å². The summed E-state index contributed by atoms with van der Waals surface area (Å²) in [6, 6.07) is 5.71. The first-order valence-corrected chi connectivity index (χ1v) is 12.5. The van der Waals surface area contributed by atoms with E-state index in [9.17, 15) is 23.1 Å². The maximum atomic E-state index is 14.8. The lowest BCUT2D eigenvalue weighted by Crippen LogP contribution is -2.31. The molecule has 0 amide bonds. The molecule has 0 spiro atoms. The van der Waals surface area contributed by atoms with E-state index in [0.29, 0.717) is 11.5 Å². The molecule has 0 saturated heterocycles. The summed E-state index contributed by atoms with van der Waals surface area (Å²) < 4.78 is 49.4. The number of carbonyl (C=O) groups excluding carboxylic acids is 1. The van der Waals surface area contributed by atoms with Gasteiger partial charge in [-0.15, -0.1) is 0 Å². The van der Waals surface area contributed by atoms with Crippen LogP contribution in [0.25, 0.3) is 11.3 Å². The van der Waals surface area contributed by atoms with E-state index in [0.717, 1.165) is 43.0 Å². The van der Waals surface area contributed by atoms with Crippen LogP contribution in [0.4, 0.5) is 13.2 Å². The number of ketones is 1. The molecule has 0 aliphatic heterocycles. The standard InChI is InChI=1S/C28H30F3N3O4/c1-15-6-16(8-18(32)7-15)21-4-5-33-12-17(21)9-26(37)25-3-2-22(29)28(34-25)27-23(30)10-20(11-24(27)31)38-14-19(36)13-35/h2-5,10-12,15-16,18-19,35-36H,6-9,13-14,32H2,1H3/t15-,16+,18-,19-/m0/s1. The van der Waals surface area contributed by atoms with E-state index < -0.39 is 53.8 Å². The Morgan fingerprint density at radius 3 is 2.55 bits per heavy atom. The Morgan fingerprint density at radius 2 is 1.87 bits per heavy atom. The summed E-state index contributed by atoms with van der Waals surface area (Å²) in [7, 11) is 0. The Morgan fingerprint density at radius 1 is 1.13 bits per heavy atom. The molecular weight excluding hydrogens is 499 g/mol. The average molecular weight is 530 g/mol. The van der Waals surface area contributed by atoms with Crippen molar-refractivity contribution in [3.8, 4) is 17.0 Å². The van der Waals surface area contributed by atoms with E-state index in [1.807, 2.05) is 6.07 Å². The molecule has 38 heavy (non-hydrogen) atoms. The van der Waals surface area contributed by atoms with E-state index in [1.165, 1.54) is 6.07 Å². The number of benzene rings is 1. The highest BCUT2D eigenvalue weighted by Crippen LogP contribution is 2.37. The molecule has 4 rings (SSSR count). The Hall–Kier alpha value is -3.34. The first-order valence-electron chi connectivity index (χ1n) is 12.5. The number of halogens is 3. The van der Waals surface area contributed by atoms with Crippen molar-refractivity contribution < 1.29 is 32.9 Å². The lowest BCUT2D eigenvalue weighted by atomic mass is 9.75. The van der Waals surface area contributed by atoms with Gasteiger partial charge in [-0.1, -0.05) is 6.92 Å². The first kappa shape index (κ1) is 27.7. The number of carbonyl (C=O) groups is 1. The predicted octanol–water partition coefficient (Wildman–Crippen LogP) is 3.95. The van der Waals surface area contributed by atoms with Crippen LogP contribution in [0.2, 0.25) is 0 Å². The molecule has 0 unspecified atom stereocenters. The molecule has 10 heteroatoms. The molecule has 3 aromatic rings. The summed E-state index contributed by atoms with van der Waals surface area (Å²) in [5.41, 5.74) is 6.38. The number of hydrogen-bond acceptors (Lipinski definition) is 7. The van der Waals surface area contributed by atoms with Crippen molar-refractivity contribution in [2.75, 3.05) is 13.2 Å². The molecule has 1 aromatic carbocycles. The third-order valence-electron chi connectivity index (χ3n) is 6.75. The number of aromatic nitrogens is 2. The largest absolute Gasteiger partial charge is 0.491 e. The van der Waals surface area contributed by atoms with Crippen molar-refractivity contribution in [3.63, 3.8) is 0 Å². The lowest BCUT2D eigenvalue weighted by Gasteiger charge is -2.32. The SMILES string of the molecule is C[C@@H]1C[C@H](N)C[C@H](c2ccncc2CC(=O)c2ccc(F)c(-c3c(F)cc(OC[C@@H](O)CO)cc3F)n2)C1. The molecule has 4 atom stereocenters. The number of pyridine rings is 2. The molecular formula is C28H30F3N3O4. The minimum atomic E-state index is -1.24. The fourth-order valence-corrected chi connectivity index (χ4v) is 5.04. The zero-order valence-corrected chi connectivity index (χ0v) is 20.9. The summed E-state index contributed by atoms with van der Waals surface area (Å²) in [5, 5.41) is 18.2. The molecule has 4 N–H and O–H groups in total. The van der Waals surface area contributed by atoms with E-state index in [-0.39, 0.29) is 29.8 Å². The summed E-state index contributed by atoms with van der Waals surface area (Å²) in [6.45, 7) is 1.16. The van der Waals surface area contributed by atoms with Gasteiger partial charge < -0.3 is 20.7 Å². The van der Waals surface area contributed by atoms with Gasteiger partial charge in [0.25, 0.3) is 0 Å². The molecule has 2 heterocycles. The number of ether oxygens (including phenoxy) is 1. The van der Waals surface area contributed by atoms with Gasteiger partial charge in [0, 0.05) is 37.0 Å². The van der Waals surface area contributed by atoms with Gasteiger partial charge in [-0.3, -0.25) is 9.78 Å². The second-order valence-electron chi connectivity index (χ2n) is 9.88. The highest BCUT2D eigenvalue weighted by Gasteiger charge is 2.28. The molecule has 7 nitrogen and oxygen atoms in total. The highest BCUT2D eigenvalue weighted by atomic mass is 19.1. The smallest absolute Gasteiger partial charge is 0.185 e. The average Bonchev–Trinajstić information content (AvgIpc) is 2.87. The molecule has 1 saturated carbocycles. The molecule has 0 bridgehead atoms. The van der Waals surface area contributed by atoms with Crippen molar-refractivity contribution in [3.05, 3.63) is 77.0 Å². The van der Waals surface area contributed by atoms with Gasteiger partial charge in [0.15, 0.2) is 5.78 Å². The fourth-order valence-electron chi connectivity index (χ4n) is 5.04. The van der Waals surface area contributed by atoms with Gasteiger partial charge in [-0.25, -0.2) is 18.2 Å². The summed E-state index contributed by atoms with van der Waals surface area (Å²) in [6.07, 6.45) is 4.68. The lowest BCUT2D eigenvalue weighted by molar-refractivity contribution is 0.0534. The molecule has 202 valence electrons. The highest BCUT2D eigenvalue weighted by molar-refractivity contribution is 5.96. The summed E-state index contributed by atoms with van der Waals surface area (Å²) in [4.78, 5) is 21.3. The number of aliphatic hydroxyl groups excluding tert-OH is 2. The second kappa shape index (κ2) is 12.0. The monoisotopic (exact) mass is 529 g/mol. The van der Waals surface area contributed by atoms with Crippen LogP contribution < -0.4 is 10.5 Å². The van der Waals surface area contributed by atoms with Crippen LogP contribution in [0.15, 0.2) is 42.7 Å². The summed E-state index contributed by atoms with van der Waals surface area (Å²) >= 11 is 0. The van der Waals surface area contributed by atoms with Crippen molar-refractivity contribution in [1.82, 2.24) is 9.97 Å². The fraction of sp³-hybridized carbons (Fsp3) is 0.393. The van der Waals surface area contributed by atoms with Crippen molar-refractivity contribution >= 4 is 5.78 Å². The maximum absolute atomic E-state index is 14.8. The van der Waals surface area contributed by atoms with Gasteiger partial charge in [0.2, 0.25) is 0 Å². The Balaban J connectivity index is 1.59. The quantitative estimate of drug-likeness (QED) is 0.359. The summed E-state index contributed by atoms with van der Waals surface area (Å²) in [5.74, 6) is -3.41. The third-order valence-corrected chi connectivity index (χ3v) is 6.75.